The molecule has 0 saturated carbocycles. The lowest BCUT2D eigenvalue weighted by atomic mass is 9.84. The van der Waals surface area contributed by atoms with Crippen molar-refractivity contribution in [1.82, 2.24) is 0 Å². The predicted octanol–water partition coefficient (Wildman–Crippen LogP) is 4.09. The van der Waals surface area contributed by atoms with E-state index in [0.717, 1.165) is 12.8 Å². The Morgan fingerprint density at radius 3 is 2.05 bits per heavy atom. The normalized spacial score (nSPS) is 20.3. The van der Waals surface area contributed by atoms with Crippen LogP contribution in [0.2, 0.25) is 0 Å². The largest absolute Gasteiger partial charge is 0.362 e. The van der Waals surface area contributed by atoms with Gasteiger partial charge in [-0.15, -0.1) is 0 Å². The number of Topliss-reactive ketones (excluding diaryl/α,β-unsaturated/α-hetero) is 1. The maximum Gasteiger partial charge on any atom is 0.132 e. The molecule has 1 atom stereocenters. The molecule has 0 amide bonds. The summed E-state index contributed by atoms with van der Waals surface area (Å²) in [5.74, 6) is 0.192. The van der Waals surface area contributed by atoms with Crippen molar-refractivity contribution < 1.29 is 9.53 Å². The monoisotopic (exact) mass is 280 g/mol. The van der Waals surface area contributed by atoms with Gasteiger partial charge in [-0.3, -0.25) is 4.79 Å². The highest BCUT2D eigenvalue weighted by Gasteiger charge is 2.43. The van der Waals surface area contributed by atoms with Gasteiger partial charge in [0.2, 0.25) is 0 Å². The van der Waals surface area contributed by atoms with Gasteiger partial charge in [-0.25, -0.2) is 0 Å². The molecule has 0 bridgehead atoms. The zero-order valence-corrected chi connectivity index (χ0v) is 12.3. The first-order valence-corrected chi connectivity index (χ1v) is 7.49. The Morgan fingerprint density at radius 2 is 1.57 bits per heavy atom. The second-order valence-electron chi connectivity index (χ2n) is 5.74. The number of benzene rings is 2. The first-order chi connectivity index (χ1) is 10.2. The van der Waals surface area contributed by atoms with E-state index in [1.54, 1.807) is 6.92 Å². The number of carbonyl (C=O) groups excluding carboxylic acids is 1. The Balaban J connectivity index is 2.00. The molecule has 1 heterocycles. The van der Waals surface area contributed by atoms with Crippen molar-refractivity contribution in [1.29, 1.82) is 0 Å². The van der Waals surface area contributed by atoms with Gasteiger partial charge >= 0.3 is 0 Å². The van der Waals surface area contributed by atoms with Crippen LogP contribution in [-0.2, 0) is 15.1 Å². The third kappa shape index (κ3) is 2.77. The number of hydrogen-bond acceptors (Lipinski definition) is 2. The quantitative estimate of drug-likeness (QED) is 0.843. The summed E-state index contributed by atoms with van der Waals surface area (Å²) in [6.45, 7) is 1.63. The highest BCUT2D eigenvalue weighted by Crippen LogP contribution is 2.45. The van der Waals surface area contributed by atoms with Gasteiger partial charge in [-0.1, -0.05) is 60.7 Å². The molecular weight excluding hydrogens is 260 g/mol. The Kier molecular flexibility index (Phi) is 3.89. The van der Waals surface area contributed by atoms with Crippen LogP contribution in [-0.4, -0.2) is 11.9 Å². The molecule has 1 fully saturated rings. The molecule has 0 N–H and O–H groups in total. The smallest absolute Gasteiger partial charge is 0.132 e. The van der Waals surface area contributed by atoms with Crippen LogP contribution in [0.1, 0.15) is 37.3 Å². The molecule has 1 aliphatic heterocycles. The van der Waals surface area contributed by atoms with Crippen molar-refractivity contribution >= 4 is 5.78 Å². The lowest BCUT2D eigenvalue weighted by Gasteiger charge is -2.31. The van der Waals surface area contributed by atoms with Crippen molar-refractivity contribution in [2.75, 3.05) is 0 Å². The highest BCUT2D eigenvalue weighted by molar-refractivity contribution is 5.76. The molecule has 2 nitrogen and oxygen atoms in total. The predicted molar refractivity (Wildman–Crippen MR) is 83.1 cm³/mol. The van der Waals surface area contributed by atoms with Crippen molar-refractivity contribution in [3.05, 3.63) is 71.8 Å². The lowest BCUT2D eigenvalue weighted by molar-refractivity contribution is -0.120. The fourth-order valence-corrected chi connectivity index (χ4v) is 3.24. The third-order valence-corrected chi connectivity index (χ3v) is 4.18. The Hall–Kier alpha value is -1.93. The second kappa shape index (κ2) is 5.82. The van der Waals surface area contributed by atoms with Crippen LogP contribution in [0.25, 0.3) is 0 Å². The van der Waals surface area contributed by atoms with Crippen LogP contribution < -0.4 is 0 Å². The molecule has 1 saturated heterocycles. The van der Waals surface area contributed by atoms with E-state index in [4.69, 9.17) is 4.74 Å². The summed E-state index contributed by atoms with van der Waals surface area (Å²) in [6.07, 6.45) is 2.35. The molecule has 3 rings (SSSR count). The minimum absolute atomic E-state index is 0.0166. The van der Waals surface area contributed by atoms with Gasteiger partial charge in [0.05, 0.1) is 6.10 Å². The molecule has 0 aromatic heterocycles. The van der Waals surface area contributed by atoms with Crippen LogP contribution >= 0.6 is 0 Å². The Morgan fingerprint density at radius 1 is 1.05 bits per heavy atom. The van der Waals surface area contributed by atoms with Crippen LogP contribution in [0, 0.1) is 0 Å². The molecule has 2 heteroatoms. The van der Waals surface area contributed by atoms with Gasteiger partial charge in [0.15, 0.2) is 0 Å². The van der Waals surface area contributed by atoms with Gasteiger partial charge in [-0.05, 0) is 30.9 Å². The summed E-state index contributed by atoms with van der Waals surface area (Å²) in [5.41, 5.74) is 1.92. The SMILES string of the molecule is CC(=O)CC1CCC(c2ccccc2)(c2ccccc2)O1. The number of carbonyl (C=O) groups is 1. The van der Waals surface area contributed by atoms with Gasteiger partial charge in [-0.2, -0.15) is 0 Å². The standard InChI is InChI=1S/C19H20O2/c1-15(20)14-18-12-13-19(21-18,16-8-4-2-5-9-16)17-10-6-3-7-11-17/h2-11,18H,12-14H2,1H3. The molecule has 1 unspecified atom stereocenters. The van der Waals surface area contributed by atoms with Gasteiger partial charge in [0, 0.05) is 6.42 Å². The lowest BCUT2D eigenvalue weighted by Crippen LogP contribution is -2.28. The van der Waals surface area contributed by atoms with Crippen molar-refractivity contribution in [3.63, 3.8) is 0 Å². The average Bonchev–Trinajstić information content (AvgIpc) is 2.93. The molecule has 0 spiro atoms. The molecule has 0 aliphatic carbocycles. The molecule has 108 valence electrons. The van der Waals surface area contributed by atoms with Crippen molar-refractivity contribution in [3.8, 4) is 0 Å². The minimum atomic E-state index is -0.414. The number of rotatable bonds is 4. The fourth-order valence-electron chi connectivity index (χ4n) is 3.24. The number of ether oxygens (including phenoxy) is 1. The van der Waals surface area contributed by atoms with E-state index in [1.807, 2.05) is 36.4 Å². The van der Waals surface area contributed by atoms with Gasteiger partial charge in [0.1, 0.15) is 11.4 Å². The summed E-state index contributed by atoms with van der Waals surface area (Å²) < 4.78 is 6.41. The summed E-state index contributed by atoms with van der Waals surface area (Å²) in [5, 5.41) is 0. The van der Waals surface area contributed by atoms with Crippen LogP contribution in [0.3, 0.4) is 0 Å². The van der Waals surface area contributed by atoms with Crippen molar-refractivity contribution in [2.45, 2.75) is 37.9 Å². The Bertz CT molecular complexity index is 564. The molecule has 2 aromatic carbocycles. The van der Waals surface area contributed by atoms with Crippen LogP contribution in [0.15, 0.2) is 60.7 Å². The van der Waals surface area contributed by atoms with E-state index >= 15 is 0 Å². The molecule has 1 aliphatic rings. The third-order valence-electron chi connectivity index (χ3n) is 4.18. The zero-order chi connectivity index (χ0) is 14.7. The number of ketones is 1. The maximum atomic E-state index is 11.4. The van der Waals surface area contributed by atoms with Crippen LogP contribution in [0.5, 0.6) is 0 Å². The Labute approximate surface area is 125 Å². The van der Waals surface area contributed by atoms with Crippen LogP contribution in [0.4, 0.5) is 0 Å². The van der Waals surface area contributed by atoms with Gasteiger partial charge in [0.25, 0.3) is 0 Å². The second-order valence-corrected chi connectivity index (χ2v) is 5.74. The molecule has 0 radical (unpaired) electrons. The molecule has 2 aromatic rings. The van der Waals surface area contributed by atoms with E-state index in [0.29, 0.717) is 6.42 Å². The van der Waals surface area contributed by atoms with E-state index in [2.05, 4.69) is 24.3 Å². The maximum absolute atomic E-state index is 11.4. The number of hydrogen-bond donors (Lipinski definition) is 0. The van der Waals surface area contributed by atoms with E-state index < -0.39 is 5.60 Å². The topological polar surface area (TPSA) is 26.3 Å². The first kappa shape index (κ1) is 14.0. The fraction of sp³-hybridized carbons (Fsp3) is 0.316. The summed E-state index contributed by atoms with van der Waals surface area (Å²) >= 11 is 0. The van der Waals surface area contributed by atoms with Crippen molar-refractivity contribution in [2.24, 2.45) is 0 Å². The average molecular weight is 280 g/mol. The highest BCUT2D eigenvalue weighted by atomic mass is 16.5. The molecule has 21 heavy (non-hydrogen) atoms. The molecular formula is C19H20O2. The van der Waals surface area contributed by atoms with Gasteiger partial charge < -0.3 is 4.74 Å². The summed E-state index contributed by atoms with van der Waals surface area (Å²) in [4.78, 5) is 11.4. The van der Waals surface area contributed by atoms with E-state index in [-0.39, 0.29) is 11.9 Å². The first-order valence-electron chi connectivity index (χ1n) is 7.49. The minimum Gasteiger partial charge on any atom is -0.362 e. The summed E-state index contributed by atoms with van der Waals surface area (Å²) in [7, 11) is 0. The zero-order valence-electron chi connectivity index (χ0n) is 12.3. The summed E-state index contributed by atoms with van der Waals surface area (Å²) in [6, 6.07) is 20.7. The van der Waals surface area contributed by atoms with E-state index in [9.17, 15) is 4.79 Å². The van der Waals surface area contributed by atoms with E-state index in [1.165, 1.54) is 11.1 Å².